The van der Waals surface area contributed by atoms with Crippen molar-refractivity contribution in [3.05, 3.63) is 69.3 Å². The first kappa shape index (κ1) is 15.6. The normalized spacial score (nSPS) is 11.2. The number of hydrogen-bond donors (Lipinski definition) is 0. The van der Waals surface area contributed by atoms with Gasteiger partial charge in [0.15, 0.2) is 4.96 Å². The van der Waals surface area contributed by atoms with Gasteiger partial charge in [-0.25, -0.2) is 4.98 Å². The van der Waals surface area contributed by atoms with E-state index in [1.165, 1.54) is 21.8 Å². The van der Waals surface area contributed by atoms with E-state index in [1.54, 1.807) is 17.8 Å². The maximum atomic E-state index is 12.1. The predicted molar refractivity (Wildman–Crippen MR) is 93.8 cm³/mol. The highest BCUT2D eigenvalue weighted by Gasteiger charge is 2.12. The number of aromatic nitrogens is 2. The van der Waals surface area contributed by atoms with E-state index in [1.807, 2.05) is 25.1 Å². The van der Waals surface area contributed by atoms with E-state index in [0.29, 0.717) is 10.7 Å². The second-order valence-corrected chi connectivity index (χ2v) is 6.61. The van der Waals surface area contributed by atoms with Gasteiger partial charge in [0, 0.05) is 28.6 Å². The number of carbonyl (C=O) groups is 1. The maximum absolute atomic E-state index is 12.1. The second-order valence-electron chi connectivity index (χ2n) is 5.74. The van der Waals surface area contributed by atoms with Gasteiger partial charge in [0.1, 0.15) is 12.2 Å². The van der Waals surface area contributed by atoms with Crippen LogP contribution in [0.15, 0.2) is 51.3 Å². The summed E-state index contributed by atoms with van der Waals surface area (Å²) >= 11 is 1.36. The van der Waals surface area contributed by atoms with Gasteiger partial charge in [-0.15, -0.1) is 11.3 Å². The number of aryl methyl sites for hydroxylation is 1. The van der Waals surface area contributed by atoms with Crippen LogP contribution in [0.25, 0.3) is 15.9 Å². The summed E-state index contributed by atoms with van der Waals surface area (Å²) < 4.78 is 12.2. The molecular weight excluding hydrogens is 340 g/mol. The van der Waals surface area contributed by atoms with Crippen LogP contribution in [0.3, 0.4) is 0 Å². The van der Waals surface area contributed by atoms with Crippen LogP contribution < -0.4 is 5.56 Å². The second kappa shape index (κ2) is 6.18. The zero-order chi connectivity index (χ0) is 17.4. The Bertz CT molecular complexity index is 1140. The van der Waals surface area contributed by atoms with E-state index in [9.17, 15) is 9.59 Å². The lowest BCUT2D eigenvalue weighted by Crippen LogP contribution is -2.15. The van der Waals surface area contributed by atoms with Crippen molar-refractivity contribution in [3.63, 3.8) is 0 Å². The minimum absolute atomic E-state index is 0.0304. The fourth-order valence-corrected chi connectivity index (χ4v) is 3.39. The third-order valence-corrected chi connectivity index (χ3v) is 4.64. The van der Waals surface area contributed by atoms with Crippen LogP contribution in [0.5, 0.6) is 0 Å². The Kier molecular flexibility index (Phi) is 3.85. The van der Waals surface area contributed by atoms with Gasteiger partial charge in [0.05, 0.1) is 18.4 Å². The highest BCUT2D eigenvalue weighted by molar-refractivity contribution is 7.15. The molecule has 126 valence electrons. The smallest absolute Gasteiger partial charge is 0.310 e. The topological polar surface area (TPSA) is 73.8 Å². The van der Waals surface area contributed by atoms with Crippen molar-refractivity contribution < 1.29 is 13.9 Å². The molecule has 0 aliphatic rings. The standard InChI is InChI=1S/C18H14N2O4S/c1-11-2-3-14-12(9-23-15(14)6-11)7-17(22)24-10-13-8-16(21)20-4-5-25-18(20)19-13/h2-6,8-9H,7,10H2,1H3. The number of thiazole rings is 1. The van der Waals surface area contributed by atoms with E-state index in [0.717, 1.165) is 22.1 Å². The number of rotatable bonds is 4. The summed E-state index contributed by atoms with van der Waals surface area (Å²) in [6.07, 6.45) is 3.35. The number of esters is 1. The van der Waals surface area contributed by atoms with Gasteiger partial charge in [0.25, 0.3) is 5.56 Å². The summed E-state index contributed by atoms with van der Waals surface area (Å²) in [5.74, 6) is -0.392. The number of fused-ring (bicyclic) bond motifs is 2. The average Bonchev–Trinajstić information content (AvgIpc) is 3.20. The van der Waals surface area contributed by atoms with Gasteiger partial charge in [-0.3, -0.25) is 14.0 Å². The average molecular weight is 354 g/mol. The van der Waals surface area contributed by atoms with Gasteiger partial charge >= 0.3 is 5.97 Å². The molecule has 0 bridgehead atoms. The molecule has 25 heavy (non-hydrogen) atoms. The number of hydrogen-bond acceptors (Lipinski definition) is 6. The highest BCUT2D eigenvalue weighted by atomic mass is 32.1. The molecule has 0 saturated carbocycles. The van der Waals surface area contributed by atoms with Crippen molar-refractivity contribution in [2.24, 2.45) is 0 Å². The van der Waals surface area contributed by atoms with Crippen LogP contribution >= 0.6 is 11.3 Å². The first-order chi connectivity index (χ1) is 12.1. The Hall–Kier alpha value is -2.93. The van der Waals surface area contributed by atoms with Crippen LogP contribution in [0.2, 0.25) is 0 Å². The molecule has 0 amide bonds. The molecule has 3 heterocycles. The lowest BCUT2D eigenvalue weighted by atomic mass is 10.1. The lowest BCUT2D eigenvalue weighted by Gasteiger charge is -2.04. The van der Waals surface area contributed by atoms with Gasteiger partial charge in [-0.1, -0.05) is 12.1 Å². The van der Waals surface area contributed by atoms with Crippen molar-refractivity contribution in [2.75, 3.05) is 0 Å². The third-order valence-electron chi connectivity index (χ3n) is 3.88. The van der Waals surface area contributed by atoms with Crippen molar-refractivity contribution in [1.82, 2.24) is 9.38 Å². The molecule has 0 unspecified atom stereocenters. The van der Waals surface area contributed by atoms with Crippen molar-refractivity contribution >= 4 is 33.2 Å². The fourth-order valence-electron chi connectivity index (χ4n) is 2.65. The summed E-state index contributed by atoms with van der Waals surface area (Å²) in [6, 6.07) is 7.21. The lowest BCUT2D eigenvalue weighted by molar-refractivity contribution is -0.144. The van der Waals surface area contributed by atoms with Gasteiger partial charge in [-0.05, 0) is 18.6 Å². The highest BCUT2D eigenvalue weighted by Crippen LogP contribution is 2.23. The maximum Gasteiger partial charge on any atom is 0.310 e. The van der Waals surface area contributed by atoms with E-state index in [2.05, 4.69) is 4.98 Å². The molecule has 0 spiro atoms. The molecule has 1 aromatic carbocycles. The molecule has 0 fully saturated rings. The number of nitrogens with zero attached hydrogens (tertiary/aromatic N) is 2. The van der Waals surface area contributed by atoms with Crippen LogP contribution in [0.4, 0.5) is 0 Å². The quantitative estimate of drug-likeness (QED) is 0.527. The van der Waals surface area contributed by atoms with Crippen molar-refractivity contribution in [2.45, 2.75) is 20.0 Å². The number of benzene rings is 1. The first-order valence-corrected chi connectivity index (χ1v) is 8.56. The van der Waals surface area contributed by atoms with Gasteiger partial charge in [-0.2, -0.15) is 0 Å². The van der Waals surface area contributed by atoms with E-state index in [4.69, 9.17) is 9.15 Å². The Labute approximate surface area is 146 Å². The van der Waals surface area contributed by atoms with Crippen molar-refractivity contribution in [3.8, 4) is 0 Å². The predicted octanol–water partition coefficient (Wildman–Crippen LogP) is 3.10. The van der Waals surface area contributed by atoms with E-state index >= 15 is 0 Å². The zero-order valence-corrected chi connectivity index (χ0v) is 14.2. The molecule has 4 rings (SSSR count). The molecule has 0 radical (unpaired) electrons. The molecule has 7 heteroatoms. The Morgan fingerprint density at radius 1 is 1.36 bits per heavy atom. The molecule has 0 aliphatic carbocycles. The summed E-state index contributed by atoms with van der Waals surface area (Å²) in [7, 11) is 0. The first-order valence-electron chi connectivity index (χ1n) is 7.68. The third kappa shape index (κ3) is 3.06. The minimum atomic E-state index is -0.392. The monoisotopic (exact) mass is 354 g/mol. The van der Waals surface area contributed by atoms with Crippen LogP contribution in [-0.2, 0) is 22.6 Å². The SMILES string of the molecule is Cc1ccc2c(CC(=O)OCc3cc(=O)n4ccsc4n3)coc2c1. The van der Waals surface area contributed by atoms with Gasteiger partial charge in [0.2, 0.25) is 0 Å². The van der Waals surface area contributed by atoms with Crippen LogP contribution in [-0.4, -0.2) is 15.4 Å². The Morgan fingerprint density at radius 3 is 3.12 bits per heavy atom. The van der Waals surface area contributed by atoms with E-state index in [-0.39, 0.29) is 18.6 Å². The summed E-state index contributed by atoms with van der Waals surface area (Å²) in [5.41, 5.74) is 2.88. The molecule has 6 nitrogen and oxygen atoms in total. The van der Waals surface area contributed by atoms with Gasteiger partial charge < -0.3 is 9.15 Å². The molecule has 0 aliphatic heterocycles. The zero-order valence-electron chi connectivity index (χ0n) is 13.4. The molecule has 4 aromatic rings. The number of furan rings is 1. The van der Waals surface area contributed by atoms with Crippen LogP contribution in [0, 0.1) is 6.92 Å². The van der Waals surface area contributed by atoms with Crippen molar-refractivity contribution in [1.29, 1.82) is 0 Å². The van der Waals surface area contributed by atoms with Crippen LogP contribution in [0.1, 0.15) is 16.8 Å². The molecule has 0 saturated heterocycles. The van der Waals surface area contributed by atoms with E-state index < -0.39 is 5.97 Å². The molecule has 3 aromatic heterocycles. The Morgan fingerprint density at radius 2 is 2.24 bits per heavy atom. The number of ether oxygens (including phenoxy) is 1. The summed E-state index contributed by atoms with van der Waals surface area (Å²) in [4.78, 5) is 28.9. The minimum Gasteiger partial charge on any atom is -0.464 e. The largest absolute Gasteiger partial charge is 0.464 e. The molecular formula is C18H14N2O4S. The molecule has 0 atom stereocenters. The molecule has 0 N–H and O–H groups in total. The summed E-state index contributed by atoms with van der Waals surface area (Å²) in [6.45, 7) is 1.95. The summed E-state index contributed by atoms with van der Waals surface area (Å²) in [5, 5.41) is 2.68. The Balaban J connectivity index is 1.47. The number of carbonyl (C=O) groups excluding carboxylic acids is 1. The fraction of sp³-hybridized carbons (Fsp3) is 0.167.